The van der Waals surface area contributed by atoms with Gasteiger partial charge in [0.25, 0.3) is 0 Å². The largest absolute Gasteiger partial charge is 0.336 e. The maximum Gasteiger partial charge on any atom is 0.243 e. The molecule has 1 aliphatic rings. The van der Waals surface area contributed by atoms with Crippen molar-refractivity contribution in [1.82, 2.24) is 4.90 Å². The Labute approximate surface area is 143 Å². The Morgan fingerprint density at radius 3 is 2.62 bits per heavy atom. The second kappa shape index (κ2) is 7.34. The summed E-state index contributed by atoms with van der Waals surface area (Å²) in [5, 5.41) is 2.81. The number of benzene rings is 1. The molecule has 0 saturated carbocycles. The van der Waals surface area contributed by atoms with Crippen molar-refractivity contribution in [2.75, 3.05) is 30.4 Å². The van der Waals surface area contributed by atoms with E-state index in [1.54, 1.807) is 7.05 Å². The van der Waals surface area contributed by atoms with E-state index in [0.29, 0.717) is 6.42 Å². The second-order valence-electron chi connectivity index (χ2n) is 6.59. The highest BCUT2D eigenvalue weighted by Gasteiger charge is 2.30. The van der Waals surface area contributed by atoms with Gasteiger partial charge < -0.3 is 10.2 Å². The fourth-order valence-electron chi connectivity index (χ4n) is 2.80. The van der Waals surface area contributed by atoms with Gasteiger partial charge >= 0.3 is 0 Å². The molecule has 1 heterocycles. The van der Waals surface area contributed by atoms with Crippen molar-refractivity contribution in [2.24, 2.45) is 5.92 Å². The van der Waals surface area contributed by atoms with Crippen LogP contribution in [-0.2, 0) is 19.4 Å². The molecule has 1 atom stereocenters. The molecule has 6 nitrogen and oxygen atoms in total. The van der Waals surface area contributed by atoms with Crippen molar-refractivity contribution >= 4 is 27.3 Å². The van der Waals surface area contributed by atoms with Crippen LogP contribution in [0.25, 0.3) is 0 Å². The predicted octanol–water partition coefficient (Wildman–Crippen LogP) is 1.53. The molecule has 0 unspecified atom stereocenters. The lowest BCUT2D eigenvalue weighted by Gasteiger charge is -2.19. The van der Waals surface area contributed by atoms with Gasteiger partial charge in [-0.2, -0.15) is 0 Å². The average molecular weight is 352 g/mol. The smallest absolute Gasteiger partial charge is 0.243 e. The van der Waals surface area contributed by atoms with Gasteiger partial charge in [-0.15, -0.1) is 0 Å². The van der Waals surface area contributed by atoms with Crippen LogP contribution in [0.1, 0.15) is 24.0 Å². The third-order valence-corrected chi connectivity index (χ3v) is 6.10. The number of amides is 2. The zero-order valence-corrected chi connectivity index (χ0v) is 15.1. The van der Waals surface area contributed by atoms with E-state index in [4.69, 9.17) is 0 Å². The summed E-state index contributed by atoms with van der Waals surface area (Å²) in [6.45, 7) is 3.80. The monoisotopic (exact) mass is 352 g/mol. The molecule has 2 rings (SSSR count). The summed E-state index contributed by atoms with van der Waals surface area (Å²) in [4.78, 5) is 25.7. The van der Waals surface area contributed by atoms with Crippen LogP contribution < -0.4 is 5.32 Å². The van der Waals surface area contributed by atoms with Gasteiger partial charge in [0.15, 0.2) is 9.84 Å². The lowest BCUT2D eigenvalue weighted by atomic mass is 10.0. The number of sulfone groups is 1. The Balaban J connectivity index is 1.87. The van der Waals surface area contributed by atoms with Crippen LogP contribution in [0.15, 0.2) is 18.2 Å². The second-order valence-corrected chi connectivity index (χ2v) is 8.82. The molecular weight excluding hydrogens is 328 g/mol. The number of anilines is 1. The molecular formula is C17H24N2O4S. The molecule has 0 radical (unpaired) electrons. The molecule has 24 heavy (non-hydrogen) atoms. The van der Waals surface area contributed by atoms with Crippen LogP contribution in [0, 0.1) is 19.8 Å². The van der Waals surface area contributed by atoms with Gasteiger partial charge in [-0.25, -0.2) is 8.42 Å². The quantitative estimate of drug-likeness (QED) is 0.871. The summed E-state index contributed by atoms with van der Waals surface area (Å²) >= 11 is 0. The van der Waals surface area contributed by atoms with Gasteiger partial charge in [-0.05, 0) is 43.4 Å². The van der Waals surface area contributed by atoms with E-state index >= 15 is 0 Å². The first-order valence-electron chi connectivity index (χ1n) is 7.98. The van der Waals surface area contributed by atoms with Crippen LogP contribution >= 0.6 is 0 Å². The summed E-state index contributed by atoms with van der Waals surface area (Å²) < 4.78 is 22.9. The minimum absolute atomic E-state index is 0.0499. The Hall–Kier alpha value is -1.89. The normalized spacial score (nSPS) is 19.0. The number of hydrogen-bond donors (Lipinski definition) is 1. The molecule has 1 N–H and O–H groups in total. The first kappa shape index (κ1) is 18.4. The van der Waals surface area contributed by atoms with Gasteiger partial charge in [-0.1, -0.05) is 12.1 Å². The van der Waals surface area contributed by atoms with Crippen molar-refractivity contribution < 1.29 is 18.0 Å². The number of rotatable bonds is 5. The number of nitrogens with one attached hydrogen (secondary N) is 1. The summed E-state index contributed by atoms with van der Waals surface area (Å²) in [5.74, 6) is -0.373. The summed E-state index contributed by atoms with van der Waals surface area (Å²) in [5.41, 5.74) is 2.74. The van der Waals surface area contributed by atoms with Crippen molar-refractivity contribution in [3.05, 3.63) is 29.3 Å². The molecule has 0 bridgehead atoms. The minimum Gasteiger partial charge on any atom is -0.336 e. The Morgan fingerprint density at radius 1 is 1.29 bits per heavy atom. The fourth-order valence-corrected chi connectivity index (χ4v) is 4.66. The number of aryl methyl sites for hydroxylation is 2. The fraction of sp³-hybridized carbons (Fsp3) is 0.529. The minimum atomic E-state index is -2.99. The molecule has 1 aromatic carbocycles. The number of carbonyl (C=O) groups excluding carboxylic acids is 2. The van der Waals surface area contributed by atoms with E-state index in [2.05, 4.69) is 5.32 Å². The first-order chi connectivity index (χ1) is 11.2. The average Bonchev–Trinajstić information content (AvgIpc) is 2.81. The van der Waals surface area contributed by atoms with Gasteiger partial charge in [0.2, 0.25) is 11.8 Å². The van der Waals surface area contributed by atoms with E-state index in [1.807, 2.05) is 32.0 Å². The van der Waals surface area contributed by atoms with E-state index in [0.717, 1.165) is 16.8 Å². The molecule has 1 aliphatic heterocycles. The number of nitrogens with zero attached hydrogens (tertiary/aromatic N) is 1. The highest BCUT2D eigenvalue weighted by atomic mass is 32.2. The zero-order chi connectivity index (χ0) is 17.9. The van der Waals surface area contributed by atoms with E-state index in [-0.39, 0.29) is 42.2 Å². The highest BCUT2D eigenvalue weighted by molar-refractivity contribution is 7.91. The van der Waals surface area contributed by atoms with Crippen LogP contribution in [0.4, 0.5) is 5.69 Å². The molecule has 1 fully saturated rings. The van der Waals surface area contributed by atoms with Gasteiger partial charge in [0, 0.05) is 19.2 Å². The predicted molar refractivity (Wildman–Crippen MR) is 93.6 cm³/mol. The van der Waals surface area contributed by atoms with Gasteiger partial charge in [0.05, 0.1) is 18.1 Å². The lowest BCUT2D eigenvalue weighted by Crippen LogP contribution is -2.36. The topological polar surface area (TPSA) is 83.6 Å². The van der Waals surface area contributed by atoms with Crippen molar-refractivity contribution in [3.63, 3.8) is 0 Å². The van der Waals surface area contributed by atoms with Crippen molar-refractivity contribution in [2.45, 2.75) is 26.7 Å². The molecule has 1 saturated heterocycles. The van der Waals surface area contributed by atoms with Crippen LogP contribution in [0.2, 0.25) is 0 Å². The van der Waals surface area contributed by atoms with Crippen LogP contribution in [0.5, 0.6) is 0 Å². The third-order valence-electron chi connectivity index (χ3n) is 4.26. The maximum absolute atomic E-state index is 12.2. The van der Waals surface area contributed by atoms with Crippen LogP contribution in [-0.4, -0.2) is 50.2 Å². The first-order valence-corrected chi connectivity index (χ1v) is 9.80. The summed E-state index contributed by atoms with van der Waals surface area (Å²) in [6, 6.07) is 5.79. The Kier molecular flexibility index (Phi) is 5.64. The van der Waals surface area contributed by atoms with E-state index in [1.165, 1.54) is 4.90 Å². The molecule has 0 spiro atoms. The van der Waals surface area contributed by atoms with Crippen molar-refractivity contribution in [3.8, 4) is 0 Å². The lowest BCUT2D eigenvalue weighted by molar-refractivity contribution is -0.134. The Morgan fingerprint density at radius 2 is 2.00 bits per heavy atom. The molecule has 0 aromatic heterocycles. The van der Waals surface area contributed by atoms with Gasteiger partial charge in [0.1, 0.15) is 0 Å². The highest BCUT2D eigenvalue weighted by Crippen LogP contribution is 2.22. The van der Waals surface area contributed by atoms with E-state index in [9.17, 15) is 18.0 Å². The standard InChI is InChI=1S/C17H24N2O4S/c1-12-4-5-13(2)15(8-12)18-16(20)10-19(3)17(21)9-14-6-7-24(22,23)11-14/h4-5,8,14H,6-7,9-11H2,1-3H3,(H,18,20)/t14-/m0/s1. The molecule has 7 heteroatoms. The third kappa shape index (κ3) is 5.06. The zero-order valence-electron chi connectivity index (χ0n) is 14.3. The molecule has 0 aliphatic carbocycles. The summed E-state index contributed by atoms with van der Waals surface area (Å²) in [6.07, 6.45) is 0.697. The number of carbonyl (C=O) groups is 2. The van der Waals surface area contributed by atoms with E-state index < -0.39 is 9.84 Å². The Bertz CT molecular complexity index is 743. The molecule has 2 amide bonds. The van der Waals surface area contributed by atoms with Crippen LogP contribution in [0.3, 0.4) is 0 Å². The van der Waals surface area contributed by atoms with Gasteiger partial charge in [-0.3, -0.25) is 9.59 Å². The maximum atomic E-state index is 12.2. The number of likely N-dealkylation sites (N-methyl/N-ethyl adjacent to an activating group) is 1. The molecule has 132 valence electrons. The van der Waals surface area contributed by atoms with Crippen molar-refractivity contribution in [1.29, 1.82) is 0 Å². The number of hydrogen-bond acceptors (Lipinski definition) is 4. The summed E-state index contributed by atoms with van der Waals surface area (Å²) in [7, 11) is -1.43. The SMILES string of the molecule is Cc1ccc(C)c(NC(=O)CN(C)C(=O)C[C@@H]2CCS(=O)(=O)C2)c1. The molecule has 1 aromatic rings.